The van der Waals surface area contributed by atoms with E-state index in [1.165, 1.54) is 4.90 Å². The first-order chi connectivity index (χ1) is 10.2. The van der Waals surface area contributed by atoms with Gasteiger partial charge in [-0.1, -0.05) is 6.92 Å². The van der Waals surface area contributed by atoms with Crippen molar-refractivity contribution < 1.29 is 24.3 Å². The van der Waals surface area contributed by atoms with Crippen LogP contribution < -0.4 is 4.90 Å². The van der Waals surface area contributed by atoms with Gasteiger partial charge in [0, 0.05) is 13.0 Å². The molecule has 0 aromatic rings. The average molecular weight is 316 g/mol. The van der Waals surface area contributed by atoms with Crippen LogP contribution in [0.5, 0.6) is 0 Å². The van der Waals surface area contributed by atoms with Crippen LogP contribution in [0.4, 0.5) is 0 Å². The zero-order valence-corrected chi connectivity index (χ0v) is 14.9. The number of nitrogens with one attached hydrogen (secondary N) is 1. The van der Waals surface area contributed by atoms with Gasteiger partial charge in [0.05, 0.1) is 44.9 Å². The number of carbonyl (C=O) groups excluding carboxylic acids is 1. The topological polar surface area (TPSA) is 60.2 Å². The van der Waals surface area contributed by atoms with Gasteiger partial charge in [-0.15, -0.1) is 0 Å². The Morgan fingerprint density at radius 1 is 1.50 bits per heavy atom. The molecule has 130 valence electrons. The van der Waals surface area contributed by atoms with Crippen molar-refractivity contribution in [1.29, 1.82) is 0 Å². The first-order valence-corrected chi connectivity index (χ1v) is 8.49. The van der Waals surface area contributed by atoms with Gasteiger partial charge in [0.2, 0.25) is 0 Å². The Morgan fingerprint density at radius 2 is 2.18 bits per heavy atom. The molecular formula is C17H34NO4+. The summed E-state index contributed by atoms with van der Waals surface area (Å²) in [6.45, 7) is 7.98. The largest absolute Gasteiger partial charge is 0.465 e. The summed E-state index contributed by atoms with van der Waals surface area (Å²) < 4.78 is 11.1. The highest BCUT2D eigenvalue weighted by Crippen LogP contribution is 2.38. The summed E-state index contributed by atoms with van der Waals surface area (Å²) in [5.74, 6) is -0.228. The van der Waals surface area contributed by atoms with E-state index in [0.29, 0.717) is 13.2 Å². The molecule has 0 bridgehead atoms. The quantitative estimate of drug-likeness (QED) is 0.514. The Bertz CT molecular complexity index is 357. The maximum atomic E-state index is 12.0. The molecule has 1 heterocycles. The van der Waals surface area contributed by atoms with Crippen molar-refractivity contribution in [2.45, 2.75) is 64.1 Å². The van der Waals surface area contributed by atoms with Crippen molar-refractivity contribution in [3.63, 3.8) is 0 Å². The summed E-state index contributed by atoms with van der Waals surface area (Å²) in [7, 11) is 4.14. The predicted molar refractivity (Wildman–Crippen MR) is 85.9 cm³/mol. The van der Waals surface area contributed by atoms with Gasteiger partial charge in [0.1, 0.15) is 0 Å². The zero-order valence-electron chi connectivity index (χ0n) is 14.9. The molecule has 1 aliphatic heterocycles. The van der Waals surface area contributed by atoms with E-state index < -0.39 is 5.60 Å². The molecule has 0 radical (unpaired) electrons. The molecule has 22 heavy (non-hydrogen) atoms. The van der Waals surface area contributed by atoms with Gasteiger partial charge in [0.15, 0.2) is 0 Å². The fourth-order valence-electron chi connectivity index (χ4n) is 3.01. The normalized spacial score (nSPS) is 28.4. The smallest absolute Gasteiger partial charge is 0.308 e. The molecule has 5 nitrogen and oxygen atoms in total. The van der Waals surface area contributed by atoms with E-state index in [1.807, 2.05) is 0 Å². The van der Waals surface area contributed by atoms with Crippen molar-refractivity contribution in [3.05, 3.63) is 0 Å². The van der Waals surface area contributed by atoms with E-state index in [1.54, 1.807) is 6.92 Å². The van der Waals surface area contributed by atoms with Crippen molar-refractivity contribution in [2.75, 3.05) is 33.9 Å². The van der Waals surface area contributed by atoms with E-state index in [0.717, 1.165) is 32.2 Å². The van der Waals surface area contributed by atoms with Crippen LogP contribution in [0.2, 0.25) is 0 Å². The van der Waals surface area contributed by atoms with E-state index in [9.17, 15) is 9.90 Å². The first kappa shape index (κ1) is 19.4. The van der Waals surface area contributed by atoms with Crippen molar-refractivity contribution in [3.8, 4) is 0 Å². The second-order valence-corrected chi connectivity index (χ2v) is 7.41. The molecule has 1 rings (SSSR count). The van der Waals surface area contributed by atoms with E-state index in [2.05, 4.69) is 27.9 Å². The minimum atomic E-state index is -1.02. The van der Waals surface area contributed by atoms with Crippen LogP contribution in [0.15, 0.2) is 0 Å². The molecular weight excluding hydrogens is 282 g/mol. The lowest BCUT2D eigenvalue weighted by Crippen LogP contribution is -3.05. The highest BCUT2D eigenvalue weighted by atomic mass is 16.5. The van der Waals surface area contributed by atoms with Crippen LogP contribution in [-0.2, 0) is 14.3 Å². The predicted octanol–water partition coefficient (Wildman–Crippen LogP) is 0.801. The molecule has 0 aliphatic carbocycles. The highest BCUT2D eigenvalue weighted by Gasteiger charge is 2.42. The van der Waals surface area contributed by atoms with Gasteiger partial charge in [-0.25, -0.2) is 0 Å². The Hall–Kier alpha value is -0.650. The lowest BCUT2D eigenvalue weighted by atomic mass is 9.75. The molecule has 0 amide bonds. The van der Waals surface area contributed by atoms with Gasteiger partial charge in [-0.3, -0.25) is 4.79 Å². The molecule has 0 unspecified atom stereocenters. The van der Waals surface area contributed by atoms with Crippen molar-refractivity contribution >= 4 is 5.97 Å². The van der Waals surface area contributed by atoms with Gasteiger partial charge in [0.25, 0.3) is 0 Å². The van der Waals surface area contributed by atoms with E-state index in [-0.39, 0.29) is 23.9 Å². The number of hydrogen-bond donors (Lipinski definition) is 2. The van der Waals surface area contributed by atoms with Crippen LogP contribution in [0.3, 0.4) is 0 Å². The third-order valence-electron chi connectivity index (χ3n) is 4.81. The molecule has 1 saturated heterocycles. The molecule has 2 N–H and O–H groups in total. The Labute approximate surface area is 135 Å². The van der Waals surface area contributed by atoms with Gasteiger partial charge < -0.3 is 19.5 Å². The maximum absolute atomic E-state index is 12.0. The SMILES string of the molecule is CC[C@@]1(C)C[C@@H]([C@](C)(O)CC(=O)OCCC[NH+](C)C)CCO1. The lowest BCUT2D eigenvalue weighted by Gasteiger charge is -2.43. The van der Waals surface area contributed by atoms with Crippen molar-refractivity contribution in [2.24, 2.45) is 5.92 Å². The average Bonchev–Trinajstić information content (AvgIpc) is 2.43. The van der Waals surface area contributed by atoms with Crippen LogP contribution in [0.1, 0.15) is 52.9 Å². The second kappa shape index (κ2) is 8.27. The summed E-state index contributed by atoms with van der Waals surface area (Å²) >= 11 is 0. The molecule has 5 heteroatoms. The lowest BCUT2D eigenvalue weighted by molar-refractivity contribution is -0.858. The summed E-state index contributed by atoms with van der Waals surface area (Å²) in [5.41, 5.74) is -1.21. The summed E-state index contributed by atoms with van der Waals surface area (Å²) in [5, 5.41) is 10.7. The maximum Gasteiger partial charge on any atom is 0.308 e. The molecule has 0 aromatic heterocycles. The van der Waals surface area contributed by atoms with Gasteiger partial charge in [-0.05, 0) is 39.0 Å². The highest BCUT2D eigenvalue weighted by molar-refractivity contribution is 5.70. The fourth-order valence-corrected chi connectivity index (χ4v) is 3.01. The van der Waals surface area contributed by atoms with Crippen molar-refractivity contribution in [1.82, 2.24) is 0 Å². The van der Waals surface area contributed by atoms with E-state index >= 15 is 0 Å². The number of aliphatic hydroxyl groups is 1. The number of carbonyl (C=O) groups is 1. The number of ether oxygens (including phenoxy) is 2. The summed E-state index contributed by atoms with van der Waals surface area (Å²) in [4.78, 5) is 13.3. The van der Waals surface area contributed by atoms with Crippen LogP contribution in [-0.4, -0.2) is 56.1 Å². The zero-order chi connectivity index (χ0) is 16.8. The third kappa shape index (κ3) is 6.23. The van der Waals surface area contributed by atoms with Gasteiger partial charge in [-0.2, -0.15) is 0 Å². The number of hydrogen-bond acceptors (Lipinski definition) is 4. The number of quaternary nitrogens is 1. The summed E-state index contributed by atoms with van der Waals surface area (Å²) in [6, 6.07) is 0. The monoisotopic (exact) mass is 316 g/mol. The Morgan fingerprint density at radius 3 is 2.77 bits per heavy atom. The van der Waals surface area contributed by atoms with Crippen LogP contribution >= 0.6 is 0 Å². The third-order valence-corrected chi connectivity index (χ3v) is 4.81. The van der Waals surface area contributed by atoms with Crippen LogP contribution in [0, 0.1) is 5.92 Å². The number of esters is 1. The Balaban J connectivity index is 2.43. The molecule has 0 aromatic carbocycles. The Kier molecular flexibility index (Phi) is 7.29. The standard InChI is InChI=1S/C17H33NO4/c1-6-16(2)12-14(8-11-22-16)17(3,20)13-15(19)21-10-7-9-18(4)5/h14,20H,6-13H2,1-5H3/p+1/t14-,16-,17+/m0/s1. The molecule has 0 saturated carbocycles. The number of rotatable bonds is 8. The van der Waals surface area contributed by atoms with Crippen LogP contribution in [0.25, 0.3) is 0 Å². The minimum absolute atomic E-state index is 0.0618. The summed E-state index contributed by atoms with van der Waals surface area (Å²) in [6.07, 6.45) is 3.40. The fraction of sp³-hybridized carbons (Fsp3) is 0.941. The minimum Gasteiger partial charge on any atom is -0.465 e. The van der Waals surface area contributed by atoms with Gasteiger partial charge >= 0.3 is 5.97 Å². The molecule has 0 spiro atoms. The second-order valence-electron chi connectivity index (χ2n) is 7.41. The molecule has 1 aliphatic rings. The van der Waals surface area contributed by atoms with E-state index in [4.69, 9.17) is 9.47 Å². The first-order valence-electron chi connectivity index (χ1n) is 8.49. The molecule has 3 atom stereocenters. The molecule has 1 fully saturated rings.